The van der Waals surface area contributed by atoms with E-state index in [0.29, 0.717) is 36.9 Å². The van der Waals surface area contributed by atoms with Gasteiger partial charge in [-0.2, -0.15) is 0 Å². The first-order valence-electron chi connectivity index (χ1n) is 7.81. The number of rotatable bonds is 9. The summed E-state index contributed by atoms with van der Waals surface area (Å²) in [7, 11) is 1.54. The average molecular weight is 330 g/mol. The molecular formula is C19H22O5. The minimum absolute atomic E-state index is 0.0151. The fourth-order valence-corrected chi connectivity index (χ4v) is 2.12. The van der Waals surface area contributed by atoms with Crippen molar-refractivity contribution in [1.29, 1.82) is 0 Å². The predicted molar refractivity (Wildman–Crippen MR) is 91.6 cm³/mol. The van der Waals surface area contributed by atoms with Crippen molar-refractivity contribution in [3.63, 3.8) is 0 Å². The van der Waals surface area contributed by atoms with Crippen molar-refractivity contribution in [1.82, 2.24) is 0 Å². The average Bonchev–Trinajstić information content (AvgIpc) is 2.60. The molecule has 0 amide bonds. The van der Waals surface area contributed by atoms with Gasteiger partial charge in [0.15, 0.2) is 17.3 Å². The van der Waals surface area contributed by atoms with Crippen molar-refractivity contribution < 1.29 is 23.7 Å². The van der Waals surface area contributed by atoms with Gasteiger partial charge in [0.1, 0.15) is 24.7 Å². The molecule has 0 aromatic heterocycles. The van der Waals surface area contributed by atoms with E-state index >= 15 is 0 Å². The molecule has 0 atom stereocenters. The maximum Gasteiger partial charge on any atom is 0.161 e. The van der Waals surface area contributed by atoms with Gasteiger partial charge in [0.25, 0.3) is 0 Å². The Balaban J connectivity index is 1.84. The number of carbonyl (C=O) groups excluding carboxylic acids is 1. The Kier molecular flexibility index (Phi) is 6.49. The molecule has 0 unspecified atom stereocenters. The first-order chi connectivity index (χ1) is 11.6. The molecule has 0 aliphatic rings. The molecule has 0 fully saturated rings. The van der Waals surface area contributed by atoms with Crippen LogP contribution in [0.1, 0.15) is 24.2 Å². The van der Waals surface area contributed by atoms with Crippen LogP contribution in [-0.2, 0) is 0 Å². The van der Waals surface area contributed by atoms with Gasteiger partial charge in [-0.1, -0.05) is 0 Å². The van der Waals surface area contributed by atoms with Gasteiger partial charge in [-0.25, -0.2) is 0 Å². The third-order valence-corrected chi connectivity index (χ3v) is 3.31. The lowest BCUT2D eigenvalue weighted by Crippen LogP contribution is -2.09. The maximum absolute atomic E-state index is 11.4. The second-order valence-corrected chi connectivity index (χ2v) is 5.02. The van der Waals surface area contributed by atoms with Crippen LogP contribution < -0.4 is 18.9 Å². The van der Waals surface area contributed by atoms with Crippen molar-refractivity contribution in [2.24, 2.45) is 0 Å². The smallest absolute Gasteiger partial charge is 0.161 e. The Labute approximate surface area is 142 Å². The summed E-state index contributed by atoms with van der Waals surface area (Å²) in [6.45, 7) is 4.85. The van der Waals surface area contributed by atoms with Crippen molar-refractivity contribution in [3.8, 4) is 23.0 Å². The lowest BCUT2D eigenvalue weighted by atomic mass is 10.1. The molecule has 0 aliphatic heterocycles. The summed E-state index contributed by atoms with van der Waals surface area (Å²) < 4.78 is 21.9. The summed E-state index contributed by atoms with van der Waals surface area (Å²) in [5.41, 5.74) is 0.588. The zero-order chi connectivity index (χ0) is 17.4. The highest BCUT2D eigenvalue weighted by Gasteiger charge is 2.08. The maximum atomic E-state index is 11.4. The highest BCUT2D eigenvalue weighted by molar-refractivity contribution is 5.94. The Morgan fingerprint density at radius 2 is 1.50 bits per heavy atom. The van der Waals surface area contributed by atoms with E-state index in [1.807, 2.05) is 31.2 Å². The molecule has 0 aliphatic carbocycles. The minimum atomic E-state index is -0.0151. The largest absolute Gasteiger partial charge is 0.494 e. The molecule has 2 aromatic carbocycles. The SMILES string of the molecule is CCOc1ccc(OCCOc2ccc(C(C)=O)cc2OC)cc1. The third-order valence-electron chi connectivity index (χ3n) is 3.31. The van der Waals surface area contributed by atoms with E-state index in [4.69, 9.17) is 18.9 Å². The van der Waals surface area contributed by atoms with Crippen LogP contribution in [0.3, 0.4) is 0 Å². The van der Waals surface area contributed by atoms with Gasteiger partial charge >= 0.3 is 0 Å². The molecule has 2 aromatic rings. The lowest BCUT2D eigenvalue weighted by molar-refractivity contribution is 0.101. The zero-order valence-electron chi connectivity index (χ0n) is 14.2. The fraction of sp³-hybridized carbons (Fsp3) is 0.316. The number of carbonyl (C=O) groups is 1. The molecular weight excluding hydrogens is 308 g/mol. The normalized spacial score (nSPS) is 10.1. The number of ether oxygens (including phenoxy) is 4. The number of benzene rings is 2. The molecule has 0 saturated carbocycles. The second-order valence-electron chi connectivity index (χ2n) is 5.02. The van der Waals surface area contributed by atoms with Gasteiger partial charge in [-0.15, -0.1) is 0 Å². The summed E-state index contributed by atoms with van der Waals surface area (Å²) in [6, 6.07) is 12.6. The van der Waals surface area contributed by atoms with E-state index in [0.717, 1.165) is 11.5 Å². The highest BCUT2D eigenvalue weighted by Crippen LogP contribution is 2.28. The summed E-state index contributed by atoms with van der Waals surface area (Å²) in [4.78, 5) is 11.4. The van der Waals surface area contributed by atoms with Crippen LogP contribution in [0.2, 0.25) is 0 Å². The Bertz CT molecular complexity index is 664. The van der Waals surface area contributed by atoms with E-state index in [-0.39, 0.29) is 5.78 Å². The highest BCUT2D eigenvalue weighted by atomic mass is 16.5. The Hall–Kier alpha value is -2.69. The van der Waals surface area contributed by atoms with E-state index in [9.17, 15) is 4.79 Å². The fourth-order valence-electron chi connectivity index (χ4n) is 2.12. The lowest BCUT2D eigenvalue weighted by Gasteiger charge is -2.12. The molecule has 0 bridgehead atoms. The zero-order valence-corrected chi connectivity index (χ0v) is 14.2. The summed E-state index contributed by atoms with van der Waals surface area (Å²) >= 11 is 0. The Morgan fingerprint density at radius 1 is 0.875 bits per heavy atom. The predicted octanol–water partition coefficient (Wildman–Crippen LogP) is 3.75. The van der Waals surface area contributed by atoms with Crippen LogP contribution in [0.4, 0.5) is 0 Å². The first kappa shape index (κ1) is 17.7. The molecule has 2 rings (SSSR count). The van der Waals surface area contributed by atoms with Crippen molar-refractivity contribution in [2.75, 3.05) is 26.9 Å². The quantitative estimate of drug-likeness (QED) is 0.518. The molecule has 5 heteroatoms. The molecule has 24 heavy (non-hydrogen) atoms. The molecule has 0 saturated heterocycles. The van der Waals surface area contributed by atoms with E-state index in [1.54, 1.807) is 25.3 Å². The van der Waals surface area contributed by atoms with E-state index < -0.39 is 0 Å². The summed E-state index contributed by atoms with van der Waals surface area (Å²) in [5, 5.41) is 0. The number of ketones is 1. The summed E-state index contributed by atoms with van der Waals surface area (Å²) in [5.74, 6) is 2.66. The molecule has 0 spiro atoms. The summed E-state index contributed by atoms with van der Waals surface area (Å²) in [6.07, 6.45) is 0. The molecule has 0 N–H and O–H groups in total. The third kappa shape index (κ3) is 4.91. The standard InChI is InChI=1S/C19H22O5/c1-4-22-16-6-8-17(9-7-16)23-11-12-24-18-10-5-15(14(2)20)13-19(18)21-3/h5-10,13H,4,11-12H2,1-3H3. The van der Waals surface area contributed by atoms with Gasteiger partial charge in [-0.05, 0) is 56.3 Å². The molecule has 0 radical (unpaired) electrons. The Morgan fingerprint density at radius 3 is 2.08 bits per heavy atom. The van der Waals surface area contributed by atoms with Crippen LogP contribution in [0.5, 0.6) is 23.0 Å². The number of hydrogen-bond donors (Lipinski definition) is 0. The van der Waals surface area contributed by atoms with Crippen molar-refractivity contribution in [3.05, 3.63) is 48.0 Å². The van der Waals surface area contributed by atoms with Crippen LogP contribution in [0, 0.1) is 0 Å². The van der Waals surface area contributed by atoms with Gasteiger partial charge in [0.2, 0.25) is 0 Å². The van der Waals surface area contributed by atoms with Gasteiger partial charge in [0, 0.05) is 5.56 Å². The minimum Gasteiger partial charge on any atom is -0.494 e. The second kappa shape index (κ2) is 8.82. The number of hydrogen-bond acceptors (Lipinski definition) is 5. The van der Waals surface area contributed by atoms with Crippen molar-refractivity contribution in [2.45, 2.75) is 13.8 Å². The van der Waals surface area contributed by atoms with Crippen LogP contribution in [0.25, 0.3) is 0 Å². The first-order valence-corrected chi connectivity index (χ1v) is 7.81. The van der Waals surface area contributed by atoms with E-state index in [2.05, 4.69) is 0 Å². The van der Waals surface area contributed by atoms with Crippen molar-refractivity contribution >= 4 is 5.78 Å². The van der Waals surface area contributed by atoms with Crippen LogP contribution >= 0.6 is 0 Å². The van der Waals surface area contributed by atoms with Gasteiger partial charge < -0.3 is 18.9 Å². The van der Waals surface area contributed by atoms with Gasteiger partial charge in [0.05, 0.1) is 13.7 Å². The topological polar surface area (TPSA) is 54.0 Å². The van der Waals surface area contributed by atoms with Gasteiger partial charge in [-0.3, -0.25) is 4.79 Å². The van der Waals surface area contributed by atoms with E-state index in [1.165, 1.54) is 6.92 Å². The van der Waals surface area contributed by atoms with Crippen LogP contribution in [-0.4, -0.2) is 32.7 Å². The molecule has 5 nitrogen and oxygen atoms in total. The number of Topliss-reactive ketones (excluding diaryl/α,β-unsaturated/α-hetero) is 1. The molecule has 128 valence electrons. The van der Waals surface area contributed by atoms with Crippen LogP contribution in [0.15, 0.2) is 42.5 Å². The monoisotopic (exact) mass is 330 g/mol. The number of methoxy groups -OCH3 is 1. The molecule has 0 heterocycles.